The Labute approximate surface area is 124 Å². The molecule has 98 valence electrons. The van der Waals surface area contributed by atoms with Crippen LogP contribution in [0, 0.1) is 0 Å². The lowest BCUT2D eigenvalue weighted by Gasteiger charge is -1.98. The van der Waals surface area contributed by atoms with E-state index in [9.17, 15) is 4.79 Å². The number of carbonyl (C=O) groups excluding carboxylic acids is 1. The number of aromatic nitrogens is 1. The highest BCUT2D eigenvalue weighted by Crippen LogP contribution is 2.21. The number of pyridine rings is 1. The monoisotopic (exact) mass is 327 g/mol. The zero-order valence-corrected chi connectivity index (χ0v) is 12.0. The van der Waals surface area contributed by atoms with Gasteiger partial charge in [-0.1, -0.05) is 34.1 Å². The van der Waals surface area contributed by atoms with Gasteiger partial charge in [0.05, 0.1) is 0 Å². The fourth-order valence-corrected chi connectivity index (χ4v) is 2.25. The molecular weight excluding hydrogens is 318 g/mol. The van der Waals surface area contributed by atoms with E-state index < -0.39 is 0 Å². The Morgan fingerprint density at radius 3 is 2.75 bits per heavy atom. The first-order valence-corrected chi connectivity index (χ1v) is 6.80. The fraction of sp³-hybridized carbons (Fsp3) is 0. The second kappa shape index (κ2) is 5.38. The first kappa shape index (κ1) is 12.7. The summed E-state index contributed by atoms with van der Waals surface area (Å²) in [6.07, 6.45) is 5.10. The third-order valence-corrected chi connectivity index (χ3v) is 3.55. The number of aliphatic imine (C=N–C) groups is 1. The maximum atomic E-state index is 11.9. The van der Waals surface area contributed by atoms with Gasteiger partial charge in [0.2, 0.25) is 0 Å². The van der Waals surface area contributed by atoms with Gasteiger partial charge in [-0.05, 0) is 29.8 Å². The minimum absolute atomic E-state index is 0.209. The summed E-state index contributed by atoms with van der Waals surface area (Å²) in [5, 5.41) is 2.75. The molecule has 1 amide bonds. The SMILES string of the molecule is O=C1NC(c2cccnc2)=N/C1=C\c1ccccc1Br. The number of hydrogen-bond donors (Lipinski definition) is 1. The van der Waals surface area contributed by atoms with E-state index >= 15 is 0 Å². The van der Waals surface area contributed by atoms with Crippen LogP contribution in [0.5, 0.6) is 0 Å². The Morgan fingerprint density at radius 2 is 2.00 bits per heavy atom. The molecule has 20 heavy (non-hydrogen) atoms. The van der Waals surface area contributed by atoms with Crippen molar-refractivity contribution in [2.24, 2.45) is 4.99 Å². The van der Waals surface area contributed by atoms with E-state index in [4.69, 9.17) is 0 Å². The van der Waals surface area contributed by atoms with Gasteiger partial charge in [0, 0.05) is 22.4 Å². The minimum atomic E-state index is -0.209. The molecule has 0 aliphatic carbocycles. The first-order chi connectivity index (χ1) is 9.74. The predicted molar refractivity (Wildman–Crippen MR) is 81.0 cm³/mol. The third-order valence-electron chi connectivity index (χ3n) is 2.83. The molecule has 0 saturated heterocycles. The van der Waals surface area contributed by atoms with Crippen LogP contribution in [0.4, 0.5) is 0 Å². The van der Waals surface area contributed by atoms with E-state index in [0.717, 1.165) is 15.6 Å². The maximum absolute atomic E-state index is 11.9. The topological polar surface area (TPSA) is 54.4 Å². The zero-order chi connectivity index (χ0) is 13.9. The van der Waals surface area contributed by atoms with Crippen molar-refractivity contribution in [1.29, 1.82) is 0 Å². The normalized spacial score (nSPS) is 16.1. The van der Waals surface area contributed by atoms with E-state index in [2.05, 4.69) is 31.2 Å². The van der Waals surface area contributed by atoms with Crippen molar-refractivity contribution in [3.63, 3.8) is 0 Å². The van der Waals surface area contributed by atoms with E-state index in [1.807, 2.05) is 30.3 Å². The van der Waals surface area contributed by atoms with Crippen molar-refractivity contribution in [1.82, 2.24) is 10.3 Å². The van der Waals surface area contributed by atoms with Crippen LogP contribution in [-0.4, -0.2) is 16.7 Å². The molecule has 0 saturated carbocycles. The quantitative estimate of drug-likeness (QED) is 0.862. The largest absolute Gasteiger partial charge is 0.305 e. The van der Waals surface area contributed by atoms with E-state index in [1.54, 1.807) is 24.5 Å². The molecule has 1 aliphatic rings. The number of nitrogens with one attached hydrogen (secondary N) is 1. The van der Waals surface area contributed by atoms with Gasteiger partial charge in [-0.2, -0.15) is 0 Å². The second-order valence-corrected chi connectivity index (χ2v) is 5.06. The highest BCUT2D eigenvalue weighted by molar-refractivity contribution is 9.10. The van der Waals surface area contributed by atoms with Gasteiger partial charge in [0.25, 0.3) is 5.91 Å². The Bertz CT molecular complexity index is 723. The van der Waals surface area contributed by atoms with Crippen molar-refractivity contribution < 1.29 is 4.79 Å². The van der Waals surface area contributed by atoms with Crippen molar-refractivity contribution in [2.45, 2.75) is 0 Å². The number of benzene rings is 1. The number of rotatable bonds is 2. The number of carbonyl (C=O) groups is 1. The highest BCUT2D eigenvalue weighted by atomic mass is 79.9. The smallest absolute Gasteiger partial charge is 0.275 e. The summed E-state index contributed by atoms with van der Waals surface area (Å²) in [7, 11) is 0. The Kier molecular flexibility index (Phi) is 3.43. The van der Waals surface area contributed by atoms with Gasteiger partial charge < -0.3 is 5.32 Å². The van der Waals surface area contributed by atoms with Crippen molar-refractivity contribution in [3.8, 4) is 0 Å². The van der Waals surface area contributed by atoms with Crippen molar-refractivity contribution in [3.05, 3.63) is 70.1 Å². The number of amidine groups is 1. The van der Waals surface area contributed by atoms with Crippen molar-refractivity contribution in [2.75, 3.05) is 0 Å². The van der Waals surface area contributed by atoms with Crippen LogP contribution >= 0.6 is 15.9 Å². The van der Waals surface area contributed by atoms with Gasteiger partial charge in [0.15, 0.2) is 0 Å². The van der Waals surface area contributed by atoms with E-state index in [1.165, 1.54) is 0 Å². The summed E-state index contributed by atoms with van der Waals surface area (Å²) in [4.78, 5) is 20.3. The summed E-state index contributed by atoms with van der Waals surface area (Å²) in [6, 6.07) is 11.3. The molecular formula is C15H10BrN3O. The molecule has 0 radical (unpaired) electrons. The molecule has 0 fully saturated rings. The second-order valence-electron chi connectivity index (χ2n) is 4.21. The van der Waals surface area contributed by atoms with Crippen LogP contribution in [0.1, 0.15) is 11.1 Å². The van der Waals surface area contributed by atoms with Crippen LogP contribution in [-0.2, 0) is 4.79 Å². The Morgan fingerprint density at radius 1 is 1.15 bits per heavy atom. The molecule has 2 aromatic rings. The van der Waals surface area contributed by atoms with Gasteiger partial charge in [-0.15, -0.1) is 0 Å². The summed E-state index contributed by atoms with van der Waals surface area (Å²) in [5.74, 6) is 0.320. The lowest BCUT2D eigenvalue weighted by atomic mass is 10.2. The molecule has 5 heteroatoms. The summed E-state index contributed by atoms with van der Waals surface area (Å²) in [6.45, 7) is 0. The zero-order valence-electron chi connectivity index (χ0n) is 10.4. The van der Waals surface area contributed by atoms with Crippen LogP contribution < -0.4 is 5.32 Å². The van der Waals surface area contributed by atoms with E-state index in [-0.39, 0.29) is 5.91 Å². The lowest BCUT2D eigenvalue weighted by Crippen LogP contribution is -2.24. The number of nitrogens with zero attached hydrogens (tertiary/aromatic N) is 2. The fourth-order valence-electron chi connectivity index (χ4n) is 1.85. The highest BCUT2D eigenvalue weighted by Gasteiger charge is 2.21. The van der Waals surface area contributed by atoms with Gasteiger partial charge in [-0.25, -0.2) is 4.99 Å². The van der Waals surface area contributed by atoms with Crippen molar-refractivity contribution >= 4 is 33.7 Å². The van der Waals surface area contributed by atoms with Crippen LogP contribution in [0.25, 0.3) is 6.08 Å². The van der Waals surface area contributed by atoms with Gasteiger partial charge >= 0.3 is 0 Å². The number of hydrogen-bond acceptors (Lipinski definition) is 3. The van der Waals surface area contributed by atoms with Gasteiger partial charge in [-0.3, -0.25) is 9.78 Å². The molecule has 1 aromatic carbocycles. The number of halogens is 1. The maximum Gasteiger partial charge on any atom is 0.275 e. The molecule has 0 bridgehead atoms. The molecule has 1 aliphatic heterocycles. The Hall–Kier alpha value is -2.27. The molecule has 1 N–H and O–H groups in total. The first-order valence-electron chi connectivity index (χ1n) is 6.01. The van der Waals surface area contributed by atoms with Crippen LogP contribution in [0.15, 0.2) is 64.0 Å². The molecule has 3 rings (SSSR count). The molecule has 1 aromatic heterocycles. The standard InChI is InChI=1S/C15H10BrN3O/c16-12-6-2-1-4-10(12)8-13-15(20)19-14(18-13)11-5-3-7-17-9-11/h1-9H,(H,18,19,20)/b13-8-. The summed E-state index contributed by atoms with van der Waals surface area (Å²) in [5.41, 5.74) is 2.08. The minimum Gasteiger partial charge on any atom is -0.305 e. The summed E-state index contributed by atoms with van der Waals surface area (Å²) >= 11 is 3.45. The molecule has 4 nitrogen and oxygen atoms in total. The number of amides is 1. The molecule has 2 heterocycles. The Balaban J connectivity index is 1.97. The average molecular weight is 328 g/mol. The molecule has 0 unspecified atom stereocenters. The third kappa shape index (κ3) is 2.53. The van der Waals surface area contributed by atoms with Gasteiger partial charge in [0.1, 0.15) is 11.5 Å². The van der Waals surface area contributed by atoms with Crippen LogP contribution in [0.3, 0.4) is 0 Å². The summed E-state index contributed by atoms with van der Waals surface area (Å²) < 4.78 is 0.922. The molecule has 0 spiro atoms. The van der Waals surface area contributed by atoms with Crippen LogP contribution in [0.2, 0.25) is 0 Å². The molecule has 0 atom stereocenters. The lowest BCUT2D eigenvalue weighted by molar-refractivity contribution is -0.115. The average Bonchev–Trinajstić information content (AvgIpc) is 2.84. The predicted octanol–water partition coefficient (Wildman–Crippen LogP) is 2.76. The van der Waals surface area contributed by atoms with E-state index in [0.29, 0.717) is 11.5 Å².